The Morgan fingerprint density at radius 2 is 2.08 bits per heavy atom. The number of aryl methyl sites for hydroxylation is 1. The molecule has 0 aliphatic heterocycles. The van der Waals surface area contributed by atoms with E-state index in [-0.39, 0.29) is 6.04 Å². The van der Waals surface area contributed by atoms with Crippen LogP contribution in [-0.2, 0) is 0 Å². The van der Waals surface area contributed by atoms with Gasteiger partial charge in [0.05, 0.1) is 12.1 Å². The van der Waals surface area contributed by atoms with Gasteiger partial charge in [-0.15, -0.1) is 0 Å². The topological polar surface area (TPSA) is 46.2 Å². The van der Waals surface area contributed by atoms with E-state index < -0.39 is 6.10 Å². The van der Waals surface area contributed by atoms with Crippen molar-refractivity contribution < 1.29 is 5.11 Å². The first-order valence-corrected chi connectivity index (χ1v) is 4.11. The fourth-order valence-electron chi connectivity index (χ4n) is 1.16. The van der Waals surface area contributed by atoms with Gasteiger partial charge in [0.25, 0.3) is 0 Å². The van der Waals surface area contributed by atoms with Gasteiger partial charge in [-0.3, -0.25) is 0 Å². The third-order valence-corrected chi connectivity index (χ3v) is 1.95. The highest BCUT2D eigenvalue weighted by atomic mass is 16.3. The van der Waals surface area contributed by atoms with Gasteiger partial charge < -0.3 is 10.8 Å². The molecule has 0 saturated carbocycles. The molecule has 2 atom stereocenters. The molecule has 12 heavy (non-hydrogen) atoms. The summed E-state index contributed by atoms with van der Waals surface area (Å²) in [5.74, 6) is 0. The molecule has 0 amide bonds. The Morgan fingerprint density at radius 1 is 1.42 bits per heavy atom. The summed E-state index contributed by atoms with van der Waals surface area (Å²) in [4.78, 5) is 0. The van der Waals surface area contributed by atoms with Crippen molar-refractivity contribution in [2.45, 2.75) is 26.0 Å². The molecule has 2 nitrogen and oxygen atoms in total. The summed E-state index contributed by atoms with van der Waals surface area (Å²) >= 11 is 0. The minimum Gasteiger partial charge on any atom is -0.391 e. The van der Waals surface area contributed by atoms with Crippen LogP contribution in [0.3, 0.4) is 0 Å². The van der Waals surface area contributed by atoms with Crippen molar-refractivity contribution in [3.05, 3.63) is 35.4 Å². The number of aliphatic hydroxyl groups is 1. The van der Waals surface area contributed by atoms with Crippen LogP contribution in [0.4, 0.5) is 0 Å². The number of hydrogen-bond donors (Lipinski definition) is 2. The lowest BCUT2D eigenvalue weighted by molar-refractivity contribution is 0.164. The number of rotatable bonds is 2. The normalized spacial score (nSPS) is 15.7. The zero-order valence-electron chi connectivity index (χ0n) is 7.49. The Balaban J connectivity index is 2.88. The zero-order chi connectivity index (χ0) is 9.14. The molecular formula is C10H15NO. The molecule has 0 bridgehead atoms. The van der Waals surface area contributed by atoms with Crippen LogP contribution in [0, 0.1) is 6.92 Å². The largest absolute Gasteiger partial charge is 0.391 e. The molecule has 0 saturated heterocycles. The van der Waals surface area contributed by atoms with Gasteiger partial charge in [-0.2, -0.15) is 0 Å². The molecule has 0 aromatic heterocycles. The highest BCUT2D eigenvalue weighted by Crippen LogP contribution is 2.14. The summed E-state index contributed by atoms with van der Waals surface area (Å²) < 4.78 is 0. The first-order valence-electron chi connectivity index (χ1n) is 4.11. The van der Waals surface area contributed by atoms with E-state index in [0.717, 1.165) is 5.56 Å². The van der Waals surface area contributed by atoms with E-state index in [1.165, 1.54) is 5.56 Å². The van der Waals surface area contributed by atoms with Crippen molar-refractivity contribution in [2.75, 3.05) is 0 Å². The van der Waals surface area contributed by atoms with Gasteiger partial charge in [0, 0.05) is 0 Å². The van der Waals surface area contributed by atoms with Gasteiger partial charge in [-0.25, -0.2) is 0 Å². The summed E-state index contributed by atoms with van der Waals surface area (Å²) in [6.07, 6.45) is -0.494. The fourth-order valence-corrected chi connectivity index (χ4v) is 1.16. The van der Waals surface area contributed by atoms with Crippen LogP contribution in [0.5, 0.6) is 0 Å². The number of nitrogens with two attached hydrogens (primary N) is 1. The van der Waals surface area contributed by atoms with E-state index in [1.54, 1.807) is 6.92 Å². The van der Waals surface area contributed by atoms with Gasteiger partial charge >= 0.3 is 0 Å². The molecule has 0 fully saturated rings. The molecule has 0 heterocycles. The van der Waals surface area contributed by atoms with E-state index in [2.05, 4.69) is 0 Å². The van der Waals surface area contributed by atoms with Crippen LogP contribution < -0.4 is 5.73 Å². The summed E-state index contributed by atoms with van der Waals surface area (Å²) in [5, 5.41) is 9.24. The van der Waals surface area contributed by atoms with Gasteiger partial charge in [-0.1, -0.05) is 29.8 Å². The Bertz CT molecular complexity index is 258. The van der Waals surface area contributed by atoms with Gasteiger partial charge in [0.1, 0.15) is 0 Å². The molecule has 0 aliphatic rings. The Kier molecular flexibility index (Phi) is 2.84. The number of hydrogen-bond acceptors (Lipinski definition) is 2. The van der Waals surface area contributed by atoms with Gasteiger partial charge in [0.2, 0.25) is 0 Å². The van der Waals surface area contributed by atoms with E-state index in [0.29, 0.717) is 0 Å². The van der Waals surface area contributed by atoms with Crippen LogP contribution in [0.25, 0.3) is 0 Å². The van der Waals surface area contributed by atoms with Crippen LogP contribution in [0.2, 0.25) is 0 Å². The second kappa shape index (κ2) is 3.70. The number of aliphatic hydroxyl groups excluding tert-OH is 1. The maximum absolute atomic E-state index is 9.24. The first kappa shape index (κ1) is 9.23. The molecule has 1 aromatic rings. The minimum atomic E-state index is -0.494. The highest BCUT2D eigenvalue weighted by molar-refractivity contribution is 5.25. The second-order valence-electron chi connectivity index (χ2n) is 3.18. The van der Waals surface area contributed by atoms with Crippen molar-refractivity contribution in [2.24, 2.45) is 5.73 Å². The minimum absolute atomic E-state index is 0.273. The number of benzene rings is 1. The SMILES string of the molecule is Cc1cccc(C(N)C(C)O)c1. The molecule has 0 aliphatic carbocycles. The van der Waals surface area contributed by atoms with Crippen LogP contribution in [0.1, 0.15) is 24.1 Å². The third-order valence-electron chi connectivity index (χ3n) is 1.95. The predicted octanol–water partition coefficient (Wildman–Crippen LogP) is 1.38. The Hall–Kier alpha value is -0.860. The summed E-state index contributed by atoms with van der Waals surface area (Å²) in [6, 6.07) is 7.62. The van der Waals surface area contributed by atoms with Crippen molar-refractivity contribution in [1.29, 1.82) is 0 Å². The molecule has 66 valence electrons. The maximum Gasteiger partial charge on any atom is 0.0704 e. The van der Waals surface area contributed by atoms with Crippen LogP contribution in [0.15, 0.2) is 24.3 Å². The molecule has 3 N–H and O–H groups in total. The molecule has 2 unspecified atom stereocenters. The standard InChI is InChI=1S/C10H15NO/c1-7-4-3-5-9(6-7)10(11)8(2)12/h3-6,8,10,12H,11H2,1-2H3. The second-order valence-corrected chi connectivity index (χ2v) is 3.18. The average molecular weight is 165 g/mol. The van der Waals surface area contributed by atoms with Crippen molar-refractivity contribution in [3.8, 4) is 0 Å². The molecule has 0 radical (unpaired) electrons. The van der Waals surface area contributed by atoms with Crippen molar-refractivity contribution >= 4 is 0 Å². The maximum atomic E-state index is 9.24. The lowest BCUT2D eigenvalue weighted by Crippen LogP contribution is -2.23. The van der Waals surface area contributed by atoms with Gasteiger partial charge in [0.15, 0.2) is 0 Å². The molecule has 1 aromatic carbocycles. The third kappa shape index (κ3) is 2.06. The molecular weight excluding hydrogens is 150 g/mol. The lowest BCUT2D eigenvalue weighted by atomic mass is 10.0. The Labute approximate surface area is 73.0 Å². The monoisotopic (exact) mass is 165 g/mol. The van der Waals surface area contributed by atoms with Crippen LogP contribution in [-0.4, -0.2) is 11.2 Å². The summed E-state index contributed by atoms with van der Waals surface area (Å²) in [6.45, 7) is 3.71. The predicted molar refractivity (Wildman–Crippen MR) is 49.8 cm³/mol. The lowest BCUT2D eigenvalue weighted by Gasteiger charge is -2.15. The molecule has 1 rings (SSSR count). The van der Waals surface area contributed by atoms with E-state index in [1.807, 2.05) is 31.2 Å². The zero-order valence-corrected chi connectivity index (χ0v) is 7.49. The highest BCUT2D eigenvalue weighted by Gasteiger charge is 2.10. The quantitative estimate of drug-likeness (QED) is 0.695. The van der Waals surface area contributed by atoms with Gasteiger partial charge in [-0.05, 0) is 19.4 Å². The van der Waals surface area contributed by atoms with E-state index in [4.69, 9.17) is 5.73 Å². The van der Waals surface area contributed by atoms with E-state index in [9.17, 15) is 5.11 Å². The first-order chi connectivity index (χ1) is 5.61. The summed E-state index contributed by atoms with van der Waals surface area (Å²) in [5.41, 5.74) is 7.92. The smallest absolute Gasteiger partial charge is 0.0704 e. The molecule has 2 heteroatoms. The molecule has 0 spiro atoms. The van der Waals surface area contributed by atoms with Crippen LogP contribution >= 0.6 is 0 Å². The van der Waals surface area contributed by atoms with Crippen molar-refractivity contribution in [1.82, 2.24) is 0 Å². The Morgan fingerprint density at radius 3 is 2.58 bits per heavy atom. The van der Waals surface area contributed by atoms with Crippen molar-refractivity contribution in [3.63, 3.8) is 0 Å². The fraction of sp³-hybridized carbons (Fsp3) is 0.400. The average Bonchev–Trinajstić information content (AvgIpc) is 2.03. The summed E-state index contributed by atoms with van der Waals surface area (Å²) in [7, 11) is 0. The van der Waals surface area contributed by atoms with E-state index >= 15 is 0 Å².